The summed E-state index contributed by atoms with van der Waals surface area (Å²) in [5.74, 6) is 2.10. The number of carbonyl (C=O) groups is 1. The minimum Gasteiger partial charge on any atom is -0.497 e. The van der Waals surface area contributed by atoms with E-state index < -0.39 is 6.10 Å². The van der Waals surface area contributed by atoms with Crippen LogP contribution in [0.5, 0.6) is 11.5 Å². The molecule has 154 valence electrons. The van der Waals surface area contributed by atoms with Gasteiger partial charge in [0.25, 0.3) is 5.91 Å². The number of carbonyl (C=O) groups excluding carboxylic acids is 1. The Balaban J connectivity index is 1.51. The quantitative estimate of drug-likeness (QED) is 0.809. The molecular weight excluding hydrogens is 368 g/mol. The van der Waals surface area contributed by atoms with Gasteiger partial charge in [0.05, 0.1) is 13.2 Å². The van der Waals surface area contributed by atoms with Crippen LogP contribution in [0.3, 0.4) is 0 Å². The van der Waals surface area contributed by atoms with Crippen molar-refractivity contribution < 1.29 is 14.3 Å². The second-order valence-electron chi connectivity index (χ2n) is 7.51. The minimum absolute atomic E-state index is 0.000747. The minimum atomic E-state index is -0.537. The SMILES string of the molecule is CCC(Oc1cccc(OC)c1)C(=O)N1CCCC1c1ncc2c(n1)CCNC2. The lowest BCUT2D eigenvalue weighted by Crippen LogP contribution is -2.41. The highest BCUT2D eigenvalue weighted by molar-refractivity contribution is 5.82. The van der Waals surface area contributed by atoms with Gasteiger partial charge in [-0.05, 0) is 31.4 Å². The average molecular weight is 396 g/mol. The molecule has 0 bridgehead atoms. The summed E-state index contributed by atoms with van der Waals surface area (Å²) >= 11 is 0. The lowest BCUT2D eigenvalue weighted by molar-refractivity contribution is -0.140. The van der Waals surface area contributed by atoms with Gasteiger partial charge in [-0.2, -0.15) is 0 Å². The fourth-order valence-corrected chi connectivity index (χ4v) is 4.04. The van der Waals surface area contributed by atoms with Gasteiger partial charge >= 0.3 is 0 Å². The zero-order chi connectivity index (χ0) is 20.2. The molecule has 2 atom stereocenters. The second kappa shape index (κ2) is 8.78. The molecule has 1 aromatic heterocycles. The van der Waals surface area contributed by atoms with Crippen LogP contribution in [0.25, 0.3) is 0 Å². The van der Waals surface area contributed by atoms with Crippen LogP contribution in [0.1, 0.15) is 49.3 Å². The van der Waals surface area contributed by atoms with Gasteiger partial charge in [-0.15, -0.1) is 0 Å². The molecule has 1 aromatic carbocycles. The number of methoxy groups -OCH3 is 1. The molecule has 0 aliphatic carbocycles. The molecule has 2 aromatic rings. The van der Waals surface area contributed by atoms with E-state index in [4.69, 9.17) is 14.5 Å². The Kier molecular flexibility index (Phi) is 5.94. The number of aromatic nitrogens is 2. The van der Waals surface area contributed by atoms with Gasteiger partial charge in [0.15, 0.2) is 11.9 Å². The summed E-state index contributed by atoms with van der Waals surface area (Å²) in [7, 11) is 1.62. The van der Waals surface area contributed by atoms with Crippen molar-refractivity contribution in [3.8, 4) is 11.5 Å². The number of hydrogen-bond acceptors (Lipinski definition) is 6. The molecule has 1 saturated heterocycles. The number of benzene rings is 1. The number of amides is 1. The summed E-state index contributed by atoms with van der Waals surface area (Å²) in [6.07, 6.45) is 4.71. The summed E-state index contributed by atoms with van der Waals surface area (Å²) in [6, 6.07) is 7.29. The number of likely N-dealkylation sites (tertiary alicyclic amines) is 1. The zero-order valence-electron chi connectivity index (χ0n) is 17.1. The van der Waals surface area contributed by atoms with Crippen LogP contribution in [-0.4, -0.2) is 47.1 Å². The van der Waals surface area contributed by atoms with Gasteiger partial charge in [0.2, 0.25) is 0 Å². The summed E-state index contributed by atoms with van der Waals surface area (Å²) in [6.45, 7) is 4.43. The van der Waals surface area contributed by atoms with Crippen LogP contribution in [-0.2, 0) is 17.8 Å². The van der Waals surface area contributed by atoms with E-state index in [-0.39, 0.29) is 11.9 Å². The van der Waals surface area contributed by atoms with Crippen molar-refractivity contribution >= 4 is 5.91 Å². The Morgan fingerprint density at radius 3 is 3.07 bits per heavy atom. The second-order valence-corrected chi connectivity index (χ2v) is 7.51. The molecular formula is C22H28N4O3. The number of rotatable bonds is 6. The Morgan fingerprint density at radius 1 is 1.38 bits per heavy atom. The first-order chi connectivity index (χ1) is 14.2. The first-order valence-corrected chi connectivity index (χ1v) is 10.4. The Labute approximate surface area is 171 Å². The summed E-state index contributed by atoms with van der Waals surface area (Å²) in [4.78, 5) is 24.6. The van der Waals surface area contributed by atoms with Crippen molar-refractivity contribution in [2.75, 3.05) is 20.2 Å². The maximum Gasteiger partial charge on any atom is 0.264 e. The van der Waals surface area contributed by atoms with Gasteiger partial charge in [-0.3, -0.25) is 4.79 Å². The lowest BCUT2D eigenvalue weighted by atomic mass is 10.1. The van der Waals surface area contributed by atoms with Crippen LogP contribution in [0, 0.1) is 0 Å². The molecule has 0 radical (unpaired) electrons. The van der Waals surface area contributed by atoms with Gasteiger partial charge in [0.1, 0.15) is 11.5 Å². The van der Waals surface area contributed by atoms with Crippen molar-refractivity contribution in [2.24, 2.45) is 0 Å². The van der Waals surface area contributed by atoms with E-state index >= 15 is 0 Å². The van der Waals surface area contributed by atoms with Crippen LogP contribution in [0.15, 0.2) is 30.5 Å². The topological polar surface area (TPSA) is 76.6 Å². The molecule has 4 rings (SSSR count). The maximum atomic E-state index is 13.3. The third kappa shape index (κ3) is 4.19. The van der Waals surface area contributed by atoms with E-state index in [1.165, 1.54) is 0 Å². The van der Waals surface area contributed by atoms with Crippen LogP contribution >= 0.6 is 0 Å². The molecule has 29 heavy (non-hydrogen) atoms. The van der Waals surface area contributed by atoms with E-state index in [9.17, 15) is 4.79 Å². The third-order valence-corrected chi connectivity index (χ3v) is 5.63. The Morgan fingerprint density at radius 2 is 2.24 bits per heavy atom. The first-order valence-electron chi connectivity index (χ1n) is 10.4. The predicted octanol–water partition coefficient (Wildman–Crippen LogP) is 2.65. The van der Waals surface area contributed by atoms with Crippen molar-refractivity contribution in [3.05, 3.63) is 47.5 Å². The molecule has 7 nitrogen and oxygen atoms in total. The summed E-state index contributed by atoms with van der Waals surface area (Å²) < 4.78 is 11.3. The summed E-state index contributed by atoms with van der Waals surface area (Å²) in [5, 5.41) is 3.34. The van der Waals surface area contributed by atoms with Gasteiger partial charge in [-0.1, -0.05) is 13.0 Å². The highest BCUT2D eigenvalue weighted by atomic mass is 16.5. The van der Waals surface area contributed by atoms with E-state index in [2.05, 4.69) is 10.3 Å². The number of nitrogens with one attached hydrogen (secondary N) is 1. The van der Waals surface area contributed by atoms with E-state index in [1.807, 2.05) is 36.2 Å². The van der Waals surface area contributed by atoms with E-state index in [0.717, 1.165) is 49.4 Å². The zero-order valence-corrected chi connectivity index (χ0v) is 17.1. The number of nitrogens with zero attached hydrogens (tertiary/aromatic N) is 3. The van der Waals surface area contributed by atoms with E-state index in [1.54, 1.807) is 13.2 Å². The van der Waals surface area contributed by atoms with Crippen LogP contribution in [0.4, 0.5) is 0 Å². The molecule has 2 aliphatic rings. The van der Waals surface area contributed by atoms with Gasteiger partial charge in [-0.25, -0.2) is 9.97 Å². The first kappa shape index (κ1) is 19.6. The van der Waals surface area contributed by atoms with Crippen molar-refractivity contribution in [2.45, 2.75) is 51.3 Å². The Hall–Kier alpha value is -2.67. The van der Waals surface area contributed by atoms with E-state index in [0.29, 0.717) is 24.5 Å². The van der Waals surface area contributed by atoms with Crippen molar-refractivity contribution in [1.29, 1.82) is 0 Å². The molecule has 2 unspecified atom stereocenters. The third-order valence-electron chi connectivity index (χ3n) is 5.63. The monoisotopic (exact) mass is 396 g/mol. The Bertz CT molecular complexity index is 873. The molecule has 3 heterocycles. The van der Waals surface area contributed by atoms with Gasteiger partial charge < -0.3 is 19.7 Å². The number of ether oxygens (including phenoxy) is 2. The molecule has 1 N–H and O–H groups in total. The molecule has 0 saturated carbocycles. The number of hydrogen-bond donors (Lipinski definition) is 1. The highest BCUT2D eigenvalue weighted by Gasteiger charge is 2.36. The number of fused-ring (bicyclic) bond motifs is 1. The highest BCUT2D eigenvalue weighted by Crippen LogP contribution is 2.32. The maximum absolute atomic E-state index is 13.3. The van der Waals surface area contributed by atoms with Crippen molar-refractivity contribution in [3.63, 3.8) is 0 Å². The van der Waals surface area contributed by atoms with Crippen LogP contribution < -0.4 is 14.8 Å². The van der Waals surface area contributed by atoms with Gasteiger partial charge in [0, 0.05) is 49.6 Å². The standard InChI is InChI=1S/C22H28N4O3/c1-3-20(29-17-7-4-6-16(12-17)28-2)22(27)26-11-5-8-19(26)21-24-14-15-13-23-10-9-18(15)25-21/h4,6-7,12,14,19-20,23H,3,5,8-11,13H2,1-2H3. The molecule has 0 spiro atoms. The smallest absolute Gasteiger partial charge is 0.264 e. The average Bonchev–Trinajstić information content (AvgIpc) is 3.26. The van der Waals surface area contributed by atoms with Crippen LogP contribution in [0.2, 0.25) is 0 Å². The molecule has 1 fully saturated rings. The molecule has 1 amide bonds. The molecule has 2 aliphatic heterocycles. The predicted molar refractivity (Wildman–Crippen MR) is 109 cm³/mol. The molecule has 7 heteroatoms. The van der Waals surface area contributed by atoms with Crippen molar-refractivity contribution in [1.82, 2.24) is 20.2 Å². The fraction of sp³-hybridized carbons (Fsp3) is 0.500. The normalized spacial score (nSPS) is 19.5. The summed E-state index contributed by atoms with van der Waals surface area (Å²) in [5.41, 5.74) is 2.26. The largest absolute Gasteiger partial charge is 0.497 e. The lowest BCUT2D eigenvalue weighted by Gasteiger charge is -2.28. The fourth-order valence-electron chi connectivity index (χ4n) is 4.04.